The van der Waals surface area contributed by atoms with Crippen molar-refractivity contribution in [3.63, 3.8) is 0 Å². The minimum absolute atomic E-state index is 0.192. The quantitative estimate of drug-likeness (QED) is 0.892. The zero-order valence-corrected chi connectivity index (χ0v) is 10.1. The lowest BCUT2D eigenvalue weighted by molar-refractivity contribution is 0.287. The number of hydrogen-bond acceptors (Lipinski definition) is 3. The van der Waals surface area contributed by atoms with Crippen molar-refractivity contribution in [2.75, 3.05) is 6.61 Å². The standard InChI is InChI=1S/C14H15N3O/c15-9-10-3-6-13-12(8-10)16-14(2-1-7-18)17(13)11-4-5-11/h3,6,8,11,18H,1-2,4-5,7H2. The van der Waals surface area contributed by atoms with Crippen LogP contribution in [-0.2, 0) is 6.42 Å². The van der Waals surface area contributed by atoms with E-state index in [9.17, 15) is 0 Å². The minimum Gasteiger partial charge on any atom is -0.396 e. The molecule has 1 N–H and O–H groups in total. The summed E-state index contributed by atoms with van der Waals surface area (Å²) < 4.78 is 2.28. The molecule has 1 aliphatic carbocycles. The summed E-state index contributed by atoms with van der Waals surface area (Å²) in [5, 5.41) is 17.9. The Morgan fingerprint density at radius 3 is 2.94 bits per heavy atom. The summed E-state index contributed by atoms with van der Waals surface area (Å²) in [6.45, 7) is 0.192. The molecule has 18 heavy (non-hydrogen) atoms. The molecule has 2 aromatic rings. The Bertz CT molecular complexity index is 620. The molecule has 1 aromatic heterocycles. The lowest BCUT2D eigenvalue weighted by atomic mass is 10.2. The zero-order chi connectivity index (χ0) is 12.5. The first-order valence-corrected chi connectivity index (χ1v) is 6.35. The smallest absolute Gasteiger partial charge is 0.110 e. The largest absolute Gasteiger partial charge is 0.396 e. The normalized spacial score (nSPS) is 14.9. The molecule has 1 saturated carbocycles. The van der Waals surface area contributed by atoms with Crippen LogP contribution in [0.15, 0.2) is 18.2 Å². The Morgan fingerprint density at radius 2 is 2.28 bits per heavy atom. The van der Waals surface area contributed by atoms with E-state index in [4.69, 9.17) is 10.4 Å². The second-order valence-electron chi connectivity index (χ2n) is 4.77. The lowest BCUT2D eigenvalue weighted by Gasteiger charge is -2.06. The van der Waals surface area contributed by atoms with Crippen molar-refractivity contribution in [2.24, 2.45) is 0 Å². The van der Waals surface area contributed by atoms with Crippen molar-refractivity contribution in [2.45, 2.75) is 31.7 Å². The van der Waals surface area contributed by atoms with E-state index in [2.05, 4.69) is 15.6 Å². The first-order chi connectivity index (χ1) is 8.83. The van der Waals surface area contributed by atoms with E-state index < -0.39 is 0 Å². The van der Waals surface area contributed by atoms with Crippen LogP contribution in [0.1, 0.15) is 36.7 Å². The Labute approximate surface area is 105 Å². The van der Waals surface area contributed by atoms with Gasteiger partial charge in [0.05, 0.1) is 22.7 Å². The van der Waals surface area contributed by atoms with Crippen molar-refractivity contribution >= 4 is 11.0 Å². The van der Waals surface area contributed by atoms with Gasteiger partial charge >= 0.3 is 0 Å². The fourth-order valence-corrected chi connectivity index (χ4v) is 2.37. The summed E-state index contributed by atoms with van der Waals surface area (Å²) in [4.78, 5) is 4.62. The Hall–Kier alpha value is -1.86. The van der Waals surface area contributed by atoms with Crippen molar-refractivity contribution in [1.29, 1.82) is 5.26 Å². The number of benzene rings is 1. The Balaban J connectivity index is 2.10. The number of hydrogen-bond donors (Lipinski definition) is 1. The minimum atomic E-state index is 0.192. The van der Waals surface area contributed by atoms with Gasteiger partial charge in [0.1, 0.15) is 5.82 Å². The third-order valence-corrected chi connectivity index (χ3v) is 3.36. The SMILES string of the molecule is N#Cc1ccc2c(c1)nc(CCCO)n2C1CC1. The monoisotopic (exact) mass is 241 g/mol. The average Bonchev–Trinajstić information content (AvgIpc) is 3.16. The molecule has 0 aliphatic heterocycles. The highest BCUT2D eigenvalue weighted by Crippen LogP contribution is 2.39. The molecule has 1 aromatic carbocycles. The molecule has 4 heteroatoms. The molecule has 0 saturated heterocycles. The number of rotatable bonds is 4. The summed E-state index contributed by atoms with van der Waals surface area (Å²) >= 11 is 0. The van der Waals surface area contributed by atoms with Crippen LogP contribution in [0.4, 0.5) is 0 Å². The molecule has 1 fully saturated rings. The molecule has 0 radical (unpaired) electrons. The van der Waals surface area contributed by atoms with Crippen LogP contribution in [0.2, 0.25) is 0 Å². The van der Waals surface area contributed by atoms with Gasteiger partial charge in [-0.25, -0.2) is 4.98 Å². The highest BCUT2D eigenvalue weighted by atomic mass is 16.2. The Morgan fingerprint density at radius 1 is 1.44 bits per heavy atom. The van der Waals surface area contributed by atoms with E-state index in [-0.39, 0.29) is 6.61 Å². The number of aryl methyl sites for hydroxylation is 1. The second-order valence-corrected chi connectivity index (χ2v) is 4.77. The van der Waals surface area contributed by atoms with Crippen LogP contribution < -0.4 is 0 Å². The third-order valence-electron chi connectivity index (χ3n) is 3.36. The van der Waals surface area contributed by atoms with Crippen molar-refractivity contribution < 1.29 is 5.11 Å². The molecule has 0 bridgehead atoms. The molecule has 4 nitrogen and oxygen atoms in total. The fraction of sp³-hybridized carbons (Fsp3) is 0.429. The van der Waals surface area contributed by atoms with Gasteiger partial charge in [0.15, 0.2) is 0 Å². The van der Waals surface area contributed by atoms with Gasteiger partial charge < -0.3 is 9.67 Å². The first-order valence-electron chi connectivity index (χ1n) is 6.35. The molecule has 3 rings (SSSR count). The number of aliphatic hydroxyl groups excluding tert-OH is 1. The van der Waals surface area contributed by atoms with Gasteiger partial charge in [0.25, 0.3) is 0 Å². The maximum Gasteiger partial charge on any atom is 0.110 e. The van der Waals surface area contributed by atoms with Crippen LogP contribution >= 0.6 is 0 Å². The van der Waals surface area contributed by atoms with E-state index in [1.165, 1.54) is 12.8 Å². The van der Waals surface area contributed by atoms with Crippen LogP contribution in [0.25, 0.3) is 11.0 Å². The van der Waals surface area contributed by atoms with Gasteiger partial charge in [-0.1, -0.05) is 0 Å². The number of aromatic nitrogens is 2. The van der Waals surface area contributed by atoms with Crippen molar-refractivity contribution in [3.8, 4) is 6.07 Å². The van der Waals surface area contributed by atoms with Crippen molar-refractivity contribution in [1.82, 2.24) is 9.55 Å². The average molecular weight is 241 g/mol. The zero-order valence-electron chi connectivity index (χ0n) is 10.1. The first kappa shape index (κ1) is 11.2. The number of nitrogens with zero attached hydrogens (tertiary/aromatic N) is 3. The molecule has 0 atom stereocenters. The van der Waals surface area contributed by atoms with Crippen LogP contribution in [0.3, 0.4) is 0 Å². The van der Waals surface area contributed by atoms with Gasteiger partial charge in [-0.05, 0) is 37.5 Å². The summed E-state index contributed by atoms with van der Waals surface area (Å²) in [6, 6.07) is 8.39. The number of nitriles is 1. The number of aliphatic hydroxyl groups is 1. The van der Waals surface area contributed by atoms with E-state index in [0.29, 0.717) is 11.6 Å². The van der Waals surface area contributed by atoms with Crippen LogP contribution in [0, 0.1) is 11.3 Å². The second kappa shape index (κ2) is 4.43. The predicted molar refractivity (Wildman–Crippen MR) is 68.1 cm³/mol. The van der Waals surface area contributed by atoms with E-state index in [0.717, 1.165) is 29.7 Å². The molecular formula is C14H15N3O. The third kappa shape index (κ3) is 1.87. The fourth-order valence-electron chi connectivity index (χ4n) is 2.37. The van der Waals surface area contributed by atoms with Crippen LogP contribution in [0.5, 0.6) is 0 Å². The maximum atomic E-state index is 8.95. The summed E-state index contributed by atoms with van der Waals surface area (Å²) in [7, 11) is 0. The summed E-state index contributed by atoms with van der Waals surface area (Å²) in [5.41, 5.74) is 2.66. The number of fused-ring (bicyclic) bond motifs is 1. The highest BCUT2D eigenvalue weighted by molar-refractivity contribution is 5.78. The highest BCUT2D eigenvalue weighted by Gasteiger charge is 2.27. The number of imidazole rings is 1. The van der Waals surface area contributed by atoms with Crippen molar-refractivity contribution in [3.05, 3.63) is 29.6 Å². The topological polar surface area (TPSA) is 61.8 Å². The van der Waals surface area contributed by atoms with Gasteiger partial charge in [-0.3, -0.25) is 0 Å². The predicted octanol–water partition coefficient (Wildman–Crippen LogP) is 2.17. The van der Waals surface area contributed by atoms with Gasteiger partial charge in [-0.15, -0.1) is 0 Å². The Kier molecular flexibility index (Phi) is 2.77. The molecular weight excluding hydrogens is 226 g/mol. The summed E-state index contributed by atoms with van der Waals surface area (Å²) in [6.07, 6.45) is 3.94. The van der Waals surface area contributed by atoms with Gasteiger partial charge in [-0.2, -0.15) is 5.26 Å². The van der Waals surface area contributed by atoms with E-state index >= 15 is 0 Å². The molecule has 0 amide bonds. The molecule has 0 unspecified atom stereocenters. The van der Waals surface area contributed by atoms with E-state index in [1.54, 1.807) is 0 Å². The molecule has 92 valence electrons. The molecule has 1 aliphatic rings. The molecule has 0 spiro atoms. The lowest BCUT2D eigenvalue weighted by Crippen LogP contribution is -2.02. The van der Waals surface area contributed by atoms with Gasteiger partial charge in [0, 0.05) is 19.1 Å². The summed E-state index contributed by atoms with van der Waals surface area (Å²) in [5.74, 6) is 1.04. The maximum absolute atomic E-state index is 8.95. The molecule has 1 heterocycles. The van der Waals surface area contributed by atoms with Crippen LogP contribution in [-0.4, -0.2) is 21.3 Å². The van der Waals surface area contributed by atoms with E-state index in [1.807, 2.05) is 18.2 Å². The van der Waals surface area contributed by atoms with Gasteiger partial charge in [0.2, 0.25) is 0 Å².